The number of ether oxygens (including phenoxy) is 2. The molecule has 0 bridgehead atoms. The molecule has 2 heterocycles. The average Bonchev–Trinajstić information content (AvgIpc) is 2.65. The van der Waals surface area contributed by atoms with Crippen molar-refractivity contribution < 1.29 is 19.0 Å². The summed E-state index contributed by atoms with van der Waals surface area (Å²) >= 11 is 5.94. The SMILES string of the molecule is Cc1oc2cc(O)c(Cl)cc2c(=O)c1C1=COC=C(C2=CC=CCC2)O1. The van der Waals surface area contributed by atoms with Crippen molar-refractivity contribution in [1.29, 1.82) is 0 Å². The lowest BCUT2D eigenvalue weighted by Gasteiger charge is -2.20. The summed E-state index contributed by atoms with van der Waals surface area (Å²) in [4.78, 5) is 13.0. The number of phenolic OH excluding ortho intramolecular Hbond substituents is 1. The smallest absolute Gasteiger partial charge is 0.204 e. The van der Waals surface area contributed by atoms with E-state index < -0.39 is 0 Å². The maximum absolute atomic E-state index is 13.0. The Kier molecular flexibility index (Phi) is 4.09. The zero-order valence-corrected chi connectivity index (χ0v) is 14.7. The normalized spacial score (nSPS) is 16.5. The third-order valence-corrected chi connectivity index (χ3v) is 4.59. The fourth-order valence-electron chi connectivity index (χ4n) is 2.98. The van der Waals surface area contributed by atoms with Crippen molar-refractivity contribution in [3.63, 3.8) is 0 Å². The number of phenols is 1. The quantitative estimate of drug-likeness (QED) is 0.812. The first-order valence-electron chi connectivity index (χ1n) is 8.10. The Hall–Kier alpha value is -2.92. The van der Waals surface area contributed by atoms with Crippen LogP contribution in [0.25, 0.3) is 16.7 Å². The molecule has 1 aliphatic heterocycles. The highest BCUT2D eigenvalue weighted by atomic mass is 35.5. The summed E-state index contributed by atoms with van der Waals surface area (Å²) in [5, 5.41) is 10.1. The van der Waals surface area contributed by atoms with E-state index in [0.717, 1.165) is 18.4 Å². The highest BCUT2D eigenvalue weighted by Gasteiger charge is 2.23. The van der Waals surface area contributed by atoms with Crippen molar-refractivity contribution in [3.05, 3.63) is 80.8 Å². The van der Waals surface area contributed by atoms with E-state index in [1.165, 1.54) is 24.7 Å². The highest BCUT2D eigenvalue weighted by molar-refractivity contribution is 6.32. The molecule has 132 valence electrons. The van der Waals surface area contributed by atoms with Gasteiger partial charge >= 0.3 is 0 Å². The molecule has 2 aliphatic rings. The molecular formula is C20H15ClO5. The molecule has 2 aromatic rings. The first-order chi connectivity index (χ1) is 12.5. The van der Waals surface area contributed by atoms with Crippen LogP contribution in [0.1, 0.15) is 24.2 Å². The highest BCUT2D eigenvalue weighted by Crippen LogP contribution is 2.33. The van der Waals surface area contributed by atoms with Gasteiger partial charge in [-0.3, -0.25) is 4.79 Å². The number of hydrogen-bond donors (Lipinski definition) is 1. The van der Waals surface area contributed by atoms with Crippen LogP contribution in [0.3, 0.4) is 0 Å². The number of aromatic hydroxyl groups is 1. The summed E-state index contributed by atoms with van der Waals surface area (Å²) in [7, 11) is 0. The van der Waals surface area contributed by atoms with Crippen molar-refractivity contribution in [1.82, 2.24) is 0 Å². The number of fused-ring (bicyclic) bond motifs is 1. The first-order valence-corrected chi connectivity index (χ1v) is 8.48. The Balaban J connectivity index is 1.78. The van der Waals surface area contributed by atoms with E-state index in [4.69, 9.17) is 25.5 Å². The van der Waals surface area contributed by atoms with Crippen molar-refractivity contribution in [2.24, 2.45) is 0 Å². The number of allylic oxidation sites excluding steroid dienone is 4. The second-order valence-electron chi connectivity index (χ2n) is 6.02. The van der Waals surface area contributed by atoms with Gasteiger partial charge in [0.25, 0.3) is 0 Å². The first kappa shape index (κ1) is 16.5. The molecule has 1 aromatic heterocycles. The van der Waals surface area contributed by atoms with Gasteiger partial charge in [-0.05, 0) is 31.4 Å². The molecule has 0 fully saturated rings. The Bertz CT molecular complexity index is 1090. The lowest BCUT2D eigenvalue weighted by molar-refractivity contribution is 0.284. The third kappa shape index (κ3) is 2.80. The van der Waals surface area contributed by atoms with Crippen molar-refractivity contribution in [2.75, 3.05) is 0 Å². The van der Waals surface area contributed by atoms with E-state index in [1.807, 2.05) is 12.2 Å². The lowest BCUT2D eigenvalue weighted by Crippen LogP contribution is -2.14. The molecule has 0 saturated heterocycles. The summed E-state index contributed by atoms with van der Waals surface area (Å²) in [5.41, 5.74) is 1.20. The minimum atomic E-state index is -0.306. The summed E-state index contributed by atoms with van der Waals surface area (Å²) in [6, 6.07) is 2.71. The van der Waals surface area contributed by atoms with Gasteiger partial charge in [0, 0.05) is 6.07 Å². The molecule has 1 aliphatic carbocycles. The van der Waals surface area contributed by atoms with Crippen LogP contribution in [0.2, 0.25) is 5.02 Å². The molecular weight excluding hydrogens is 356 g/mol. The predicted octanol–water partition coefficient (Wildman–Crippen LogP) is 4.92. The Morgan fingerprint density at radius 3 is 2.77 bits per heavy atom. The molecule has 0 atom stereocenters. The van der Waals surface area contributed by atoms with Crippen LogP contribution in [0.4, 0.5) is 0 Å². The minimum Gasteiger partial charge on any atom is -0.506 e. The van der Waals surface area contributed by atoms with Crippen LogP contribution in [0.5, 0.6) is 5.75 Å². The monoisotopic (exact) mass is 370 g/mol. The maximum atomic E-state index is 13.0. The zero-order valence-electron chi connectivity index (χ0n) is 13.9. The Labute approximate surface area is 154 Å². The van der Waals surface area contributed by atoms with Gasteiger partial charge in [0.1, 0.15) is 35.2 Å². The molecule has 0 amide bonds. The summed E-state index contributed by atoms with van der Waals surface area (Å²) in [6.45, 7) is 1.66. The zero-order chi connectivity index (χ0) is 18.3. The van der Waals surface area contributed by atoms with Crippen LogP contribution >= 0.6 is 11.6 Å². The van der Waals surface area contributed by atoms with Crippen molar-refractivity contribution in [2.45, 2.75) is 19.8 Å². The van der Waals surface area contributed by atoms with Crippen LogP contribution < -0.4 is 5.43 Å². The maximum Gasteiger partial charge on any atom is 0.204 e. The van der Waals surface area contributed by atoms with Gasteiger partial charge in [-0.2, -0.15) is 0 Å². The van der Waals surface area contributed by atoms with Gasteiger partial charge in [-0.1, -0.05) is 29.8 Å². The fraction of sp³-hybridized carbons (Fsp3) is 0.150. The summed E-state index contributed by atoms with van der Waals surface area (Å²) in [6.07, 6.45) is 10.6. The second-order valence-corrected chi connectivity index (χ2v) is 6.43. The molecule has 0 unspecified atom stereocenters. The van der Waals surface area contributed by atoms with Crippen LogP contribution in [-0.4, -0.2) is 5.11 Å². The molecule has 0 saturated carbocycles. The van der Waals surface area contributed by atoms with Gasteiger partial charge in [0.05, 0.1) is 10.4 Å². The number of rotatable bonds is 2. The molecule has 1 aromatic carbocycles. The van der Waals surface area contributed by atoms with Gasteiger partial charge in [0.15, 0.2) is 11.5 Å². The van der Waals surface area contributed by atoms with Crippen molar-refractivity contribution in [3.8, 4) is 5.75 Å². The van der Waals surface area contributed by atoms with E-state index in [-0.39, 0.29) is 38.5 Å². The molecule has 0 radical (unpaired) electrons. The largest absolute Gasteiger partial charge is 0.506 e. The van der Waals surface area contributed by atoms with E-state index in [1.54, 1.807) is 6.92 Å². The lowest BCUT2D eigenvalue weighted by atomic mass is 10.0. The van der Waals surface area contributed by atoms with E-state index in [9.17, 15) is 9.90 Å². The standard InChI is InChI=1S/C20H15ClO5/c1-11-19(20(23)13-7-14(21)15(22)8-16(13)25-11)18-10-24-9-17(26-18)12-5-3-2-4-6-12/h2-3,5,7-10,22H,4,6H2,1H3. The molecule has 6 heteroatoms. The predicted molar refractivity (Wildman–Crippen MR) is 98.6 cm³/mol. The molecule has 1 N–H and O–H groups in total. The molecule has 0 spiro atoms. The van der Waals surface area contributed by atoms with Crippen molar-refractivity contribution >= 4 is 28.3 Å². The van der Waals surface area contributed by atoms with Gasteiger partial charge in [-0.15, -0.1) is 0 Å². The number of benzene rings is 1. The van der Waals surface area contributed by atoms with Crippen LogP contribution in [-0.2, 0) is 9.47 Å². The average molecular weight is 371 g/mol. The van der Waals surface area contributed by atoms with Gasteiger partial charge in [0.2, 0.25) is 5.43 Å². The topological polar surface area (TPSA) is 68.9 Å². The number of hydrogen-bond acceptors (Lipinski definition) is 5. The second kappa shape index (κ2) is 6.42. The Morgan fingerprint density at radius 1 is 1.19 bits per heavy atom. The fourth-order valence-corrected chi connectivity index (χ4v) is 3.15. The van der Waals surface area contributed by atoms with E-state index in [2.05, 4.69) is 6.08 Å². The number of aryl methyl sites for hydroxylation is 1. The molecule has 26 heavy (non-hydrogen) atoms. The van der Waals surface area contributed by atoms with Gasteiger partial charge < -0.3 is 19.0 Å². The minimum absolute atomic E-state index is 0.0779. The molecule has 5 nitrogen and oxygen atoms in total. The molecule has 4 rings (SSSR count). The summed E-state index contributed by atoms with van der Waals surface area (Å²) < 4.78 is 17.0. The summed E-state index contributed by atoms with van der Waals surface area (Å²) in [5.74, 6) is 1.05. The van der Waals surface area contributed by atoms with Crippen LogP contribution in [0.15, 0.2) is 63.4 Å². The third-order valence-electron chi connectivity index (χ3n) is 4.28. The van der Waals surface area contributed by atoms with E-state index >= 15 is 0 Å². The Morgan fingerprint density at radius 2 is 2.00 bits per heavy atom. The van der Waals surface area contributed by atoms with E-state index in [0.29, 0.717) is 11.5 Å². The number of halogens is 1. The van der Waals surface area contributed by atoms with Crippen LogP contribution in [0, 0.1) is 6.92 Å². The van der Waals surface area contributed by atoms with Gasteiger partial charge in [-0.25, -0.2) is 0 Å².